The highest BCUT2D eigenvalue weighted by molar-refractivity contribution is 5.71. The Hall–Kier alpha value is -2.63. The van der Waals surface area contributed by atoms with Crippen LogP contribution in [-0.4, -0.2) is 37.2 Å². The van der Waals surface area contributed by atoms with Crippen LogP contribution in [0.5, 0.6) is 0 Å². The SMILES string of the molecule is CCCC/C=C\CCCCCCCC(=O)OCC(COC(=O)CCCCCCCCCCCC/C=C\C/C=C\C/C=C\CCCCCCC)OC(=O)CCCCCCCCCCCCCCCCCCCCCCCCC. The van der Waals surface area contributed by atoms with Crippen LogP contribution in [0.4, 0.5) is 0 Å². The summed E-state index contributed by atoms with van der Waals surface area (Å²) in [6.07, 6.45) is 82.8. The third kappa shape index (κ3) is 64.1. The van der Waals surface area contributed by atoms with Crippen LogP contribution in [0, 0.1) is 0 Å². The molecule has 0 aliphatic heterocycles. The average molecular weight is 1080 g/mol. The molecule has 0 rings (SSSR count). The van der Waals surface area contributed by atoms with E-state index in [0.717, 1.165) is 77.0 Å². The van der Waals surface area contributed by atoms with Crippen molar-refractivity contribution in [3.63, 3.8) is 0 Å². The van der Waals surface area contributed by atoms with Crippen molar-refractivity contribution in [2.24, 2.45) is 0 Å². The van der Waals surface area contributed by atoms with Gasteiger partial charge in [0.1, 0.15) is 13.2 Å². The van der Waals surface area contributed by atoms with Gasteiger partial charge < -0.3 is 14.2 Å². The number of allylic oxidation sites excluding steroid dienone is 8. The Morgan fingerprint density at radius 1 is 0.260 bits per heavy atom. The Morgan fingerprint density at radius 3 is 0.779 bits per heavy atom. The summed E-state index contributed by atoms with van der Waals surface area (Å²) in [7, 11) is 0. The van der Waals surface area contributed by atoms with Gasteiger partial charge >= 0.3 is 17.9 Å². The molecule has 0 saturated heterocycles. The summed E-state index contributed by atoms with van der Waals surface area (Å²) in [6.45, 7) is 6.64. The molecule has 0 bridgehead atoms. The molecular formula is C71H130O6. The van der Waals surface area contributed by atoms with Gasteiger partial charge in [-0.3, -0.25) is 14.4 Å². The summed E-state index contributed by atoms with van der Waals surface area (Å²) in [5.74, 6) is -0.865. The van der Waals surface area contributed by atoms with Crippen LogP contribution < -0.4 is 0 Å². The van der Waals surface area contributed by atoms with Crippen LogP contribution in [0.15, 0.2) is 48.6 Å². The summed E-state index contributed by atoms with van der Waals surface area (Å²) in [6, 6.07) is 0. The molecule has 0 aromatic rings. The maximum Gasteiger partial charge on any atom is 0.306 e. The fourth-order valence-corrected chi connectivity index (χ4v) is 10.1. The van der Waals surface area contributed by atoms with Gasteiger partial charge in [-0.25, -0.2) is 0 Å². The van der Waals surface area contributed by atoms with Crippen molar-refractivity contribution in [2.75, 3.05) is 13.2 Å². The maximum atomic E-state index is 12.9. The first kappa shape index (κ1) is 74.4. The Bertz CT molecular complexity index is 1330. The highest BCUT2D eigenvalue weighted by Gasteiger charge is 2.19. The molecule has 0 aliphatic rings. The minimum absolute atomic E-state index is 0.0742. The normalized spacial score (nSPS) is 12.3. The molecular weight excluding hydrogens is 949 g/mol. The van der Waals surface area contributed by atoms with Gasteiger partial charge in [0.15, 0.2) is 6.10 Å². The van der Waals surface area contributed by atoms with Crippen molar-refractivity contribution in [1.82, 2.24) is 0 Å². The lowest BCUT2D eigenvalue weighted by atomic mass is 10.0. The third-order valence-corrected chi connectivity index (χ3v) is 15.3. The van der Waals surface area contributed by atoms with Crippen molar-refractivity contribution >= 4 is 17.9 Å². The van der Waals surface area contributed by atoms with Gasteiger partial charge in [-0.2, -0.15) is 0 Å². The van der Waals surface area contributed by atoms with Gasteiger partial charge in [0.2, 0.25) is 0 Å². The Morgan fingerprint density at radius 2 is 0.481 bits per heavy atom. The Balaban J connectivity index is 4.22. The first-order chi connectivity index (χ1) is 38.0. The second-order valence-electron chi connectivity index (χ2n) is 23.1. The number of esters is 3. The molecule has 450 valence electrons. The lowest BCUT2D eigenvalue weighted by Crippen LogP contribution is -2.30. The molecule has 0 aromatic carbocycles. The molecule has 0 aliphatic carbocycles. The molecule has 0 aromatic heterocycles. The first-order valence-corrected chi connectivity index (χ1v) is 34.1. The quantitative estimate of drug-likeness (QED) is 0.0261. The van der Waals surface area contributed by atoms with E-state index in [2.05, 4.69) is 69.4 Å². The van der Waals surface area contributed by atoms with E-state index in [1.54, 1.807) is 0 Å². The molecule has 1 atom stereocenters. The average Bonchev–Trinajstić information content (AvgIpc) is 3.43. The number of hydrogen-bond donors (Lipinski definition) is 0. The zero-order chi connectivity index (χ0) is 55.7. The van der Waals surface area contributed by atoms with E-state index in [9.17, 15) is 14.4 Å². The van der Waals surface area contributed by atoms with Crippen molar-refractivity contribution in [3.05, 3.63) is 48.6 Å². The van der Waals surface area contributed by atoms with Gasteiger partial charge in [-0.15, -0.1) is 0 Å². The molecule has 6 heteroatoms. The molecule has 0 saturated carbocycles. The van der Waals surface area contributed by atoms with Gasteiger partial charge in [-0.05, 0) is 77.0 Å². The van der Waals surface area contributed by atoms with Gasteiger partial charge in [-0.1, -0.05) is 320 Å². The number of carbonyl (C=O) groups excluding carboxylic acids is 3. The molecule has 1 unspecified atom stereocenters. The lowest BCUT2D eigenvalue weighted by Gasteiger charge is -2.18. The minimum atomic E-state index is -0.777. The highest BCUT2D eigenvalue weighted by atomic mass is 16.6. The van der Waals surface area contributed by atoms with E-state index in [0.29, 0.717) is 19.3 Å². The van der Waals surface area contributed by atoms with E-state index < -0.39 is 6.10 Å². The second-order valence-corrected chi connectivity index (χ2v) is 23.1. The third-order valence-electron chi connectivity index (χ3n) is 15.3. The van der Waals surface area contributed by atoms with Gasteiger partial charge in [0.25, 0.3) is 0 Å². The van der Waals surface area contributed by atoms with E-state index in [1.165, 1.54) is 250 Å². The van der Waals surface area contributed by atoms with Crippen molar-refractivity contribution in [2.45, 2.75) is 374 Å². The molecule has 0 heterocycles. The van der Waals surface area contributed by atoms with E-state index >= 15 is 0 Å². The summed E-state index contributed by atoms with van der Waals surface area (Å²) in [5.41, 5.74) is 0. The number of unbranched alkanes of at least 4 members (excludes halogenated alkanes) is 44. The molecule has 0 radical (unpaired) electrons. The zero-order valence-corrected chi connectivity index (χ0v) is 51.7. The van der Waals surface area contributed by atoms with Crippen molar-refractivity contribution < 1.29 is 28.6 Å². The number of ether oxygens (including phenoxy) is 3. The fraction of sp³-hybridized carbons (Fsp3) is 0.845. The van der Waals surface area contributed by atoms with Crippen LogP contribution in [0.1, 0.15) is 367 Å². The monoisotopic (exact) mass is 1080 g/mol. The molecule has 0 amide bonds. The standard InChI is InChI=1S/C71H130O6/c1-4-7-10-13-16-19-22-24-26-28-30-32-34-35-37-38-40-42-44-46-49-52-55-58-61-64-70(73)76-67-68(66-75-69(72)63-60-57-54-51-48-21-18-15-12-9-6-3)77-71(74)65-62-59-56-53-50-47-45-43-41-39-36-33-31-29-27-25-23-20-17-14-11-8-5-2/h15,18,22,24,28,30,34-35,68H,4-14,16-17,19-21,23,25-27,29,31-33,36-67H2,1-3H3/b18-15-,24-22-,30-28-,35-34-. The van der Waals surface area contributed by atoms with E-state index in [4.69, 9.17) is 14.2 Å². The summed E-state index contributed by atoms with van der Waals surface area (Å²) in [4.78, 5) is 38.3. The van der Waals surface area contributed by atoms with E-state index in [1.807, 2.05) is 0 Å². The van der Waals surface area contributed by atoms with Gasteiger partial charge in [0, 0.05) is 19.3 Å². The Kier molecular flexibility index (Phi) is 63.6. The smallest absolute Gasteiger partial charge is 0.306 e. The number of rotatable bonds is 63. The topological polar surface area (TPSA) is 78.9 Å². The zero-order valence-electron chi connectivity index (χ0n) is 51.7. The van der Waals surface area contributed by atoms with Crippen molar-refractivity contribution in [1.29, 1.82) is 0 Å². The largest absolute Gasteiger partial charge is 0.462 e. The Labute approximate surface area is 479 Å². The fourth-order valence-electron chi connectivity index (χ4n) is 10.1. The molecule has 6 nitrogen and oxygen atoms in total. The number of carbonyl (C=O) groups is 3. The van der Waals surface area contributed by atoms with Crippen molar-refractivity contribution in [3.8, 4) is 0 Å². The van der Waals surface area contributed by atoms with Crippen LogP contribution in [0.2, 0.25) is 0 Å². The minimum Gasteiger partial charge on any atom is -0.462 e. The maximum absolute atomic E-state index is 12.9. The lowest BCUT2D eigenvalue weighted by molar-refractivity contribution is -0.167. The van der Waals surface area contributed by atoms with Crippen LogP contribution in [0.3, 0.4) is 0 Å². The summed E-state index contributed by atoms with van der Waals surface area (Å²) in [5, 5.41) is 0. The predicted octanol–water partition coefficient (Wildman–Crippen LogP) is 23.3. The predicted molar refractivity (Wildman–Crippen MR) is 335 cm³/mol. The first-order valence-electron chi connectivity index (χ1n) is 34.1. The van der Waals surface area contributed by atoms with E-state index in [-0.39, 0.29) is 31.1 Å². The molecule has 0 N–H and O–H groups in total. The van der Waals surface area contributed by atoms with Crippen LogP contribution in [0.25, 0.3) is 0 Å². The highest BCUT2D eigenvalue weighted by Crippen LogP contribution is 2.18. The molecule has 0 spiro atoms. The van der Waals surface area contributed by atoms with Crippen LogP contribution >= 0.6 is 0 Å². The second kappa shape index (κ2) is 65.9. The molecule has 77 heavy (non-hydrogen) atoms. The summed E-state index contributed by atoms with van der Waals surface area (Å²) < 4.78 is 16.9. The van der Waals surface area contributed by atoms with Gasteiger partial charge in [0.05, 0.1) is 0 Å². The van der Waals surface area contributed by atoms with Crippen LogP contribution in [-0.2, 0) is 28.6 Å². The molecule has 0 fully saturated rings. The summed E-state index contributed by atoms with van der Waals surface area (Å²) >= 11 is 0. The number of hydrogen-bond acceptors (Lipinski definition) is 6.